The minimum Gasteiger partial charge on any atom is -0.465 e. The van der Waals surface area contributed by atoms with E-state index in [4.69, 9.17) is 19.3 Å². The molecule has 0 saturated carbocycles. The van der Waals surface area contributed by atoms with Crippen molar-refractivity contribution < 1.29 is 38.8 Å². The minimum absolute atomic E-state index is 0.0577. The molecule has 0 radical (unpaired) electrons. The van der Waals surface area contributed by atoms with Crippen LogP contribution in [-0.4, -0.2) is 65.7 Å². The van der Waals surface area contributed by atoms with Gasteiger partial charge in [-0.3, -0.25) is 14.4 Å². The average molecular weight is 377 g/mol. The lowest BCUT2D eigenvalue weighted by molar-refractivity contribution is -0.163. The molecule has 0 spiro atoms. The van der Waals surface area contributed by atoms with Crippen molar-refractivity contribution in [1.82, 2.24) is 0 Å². The zero-order valence-electron chi connectivity index (χ0n) is 15.3. The molecule has 10 nitrogen and oxygen atoms in total. The van der Waals surface area contributed by atoms with E-state index in [0.717, 1.165) is 0 Å². The smallest absolute Gasteiger partial charge is 0.308 e. The van der Waals surface area contributed by atoms with E-state index in [9.17, 15) is 24.4 Å². The van der Waals surface area contributed by atoms with Crippen LogP contribution in [0.1, 0.15) is 46.5 Å². The highest BCUT2D eigenvalue weighted by Gasteiger charge is 2.20. The molecule has 0 aromatic carbocycles. The number of nitrogens with zero attached hydrogens (tertiary/aromatic N) is 1. The van der Waals surface area contributed by atoms with Gasteiger partial charge in [0, 0.05) is 6.42 Å². The lowest BCUT2D eigenvalue weighted by Gasteiger charge is -2.19. The summed E-state index contributed by atoms with van der Waals surface area (Å²) < 4.78 is 14.9. The van der Waals surface area contributed by atoms with Crippen LogP contribution in [0.3, 0.4) is 0 Å². The van der Waals surface area contributed by atoms with Gasteiger partial charge in [0.25, 0.3) is 0 Å². The molecule has 0 aliphatic carbocycles. The normalized spacial score (nSPS) is 15.3. The van der Waals surface area contributed by atoms with Crippen LogP contribution < -0.4 is 0 Å². The monoisotopic (exact) mass is 377 g/mol. The van der Waals surface area contributed by atoms with Crippen molar-refractivity contribution >= 4 is 17.9 Å². The van der Waals surface area contributed by atoms with E-state index in [-0.39, 0.29) is 38.9 Å². The third-order valence-electron chi connectivity index (χ3n) is 3.00. The molecule has 4 atom stereocenters. The predicted octanol–water partition coefficient (Wildman–Crippen LogP) is 0.461. The fourth-order valence-corrected chi connectivity index (χ4v) is 1.78. The molecular formula is C16H27NO9. The quantitative estimate of drug-likeness (QED) is 0.265. The van der Waals surface area contributed by atoms with E-state index in [2.05, 4.69) is 5.18 Å². The maximum absolute atomic E-state index is 11.7. The Bertz CT molecular complexity index is 465. The maximum atomic E-state index is 11.7. The van der Waals surface area contributed by atoms with E-state index in [0.29, 0.717) is 0 Å². The number of rotatable bonds is 13. The summed E-state index contributed by atoms with van der Waals surface area (Å²) in [5, 5.41) is 21.0. The van der Waals surface area contributed by atoms with Crippen LogP contribution >= 0.6 is 0 Å². The molecular weight excluding hydrogens is 350 g/mol. The fraction of sp³-hybridized carbons (Fsp3) is 0.812. The van der Waals surface area contributed by atoms with E-state index >= 15 is 0 Å². The first-order valence-electron chi connectivity index (χ1n) is 8.33. The molecule has 0 aromatic rings. The second kappa shape index (κ2) is 13.2. The molecule has 2 N–H and O–H groups in total. The summed E-state index contributed by atoms with van der Waals surface area (Å²) >= 11 is 0. The van der Waals surface area contributed by atoms with Gasteiger partial charge < -0.3 is 24.4 Å². The van der Waals surface area contributed by atoms with Gasteiger partial charge in [-0.1, -0.05) is 5.18 Å². The number of carbonyl (C=O) groups is 3. The average Bonchev–Trinajstić information content (AvgIpc) is 2.50. The van der Waals surface area contributed by atoms with Crippen molar-refractivity contribution in [3.05, 3.63) is 4.91 Å². The van der Waals surface area contributed by atoms with Crippen LogP contribution in [0, 0.1) is 4.91 Å². The number of aliphatic hydroxyl groups is 2. The number of esters is 3. The Hall–Kier alpha value is -2.07. The highest BCUT2D eigenvalue weighted by molar-refractivity contribution is 5.71. The van der Waals surface area contributed by atoms with Crippen molar-refractivity contribution in [2.45, 2.75) is 70.8 Å². The topological polar surface area (TPSA) is 149 Å². The van der Waals surface area contributed by atoms with Gasteiger partial charge in [-0.05, 0) is 20.8 Å². The largest absolute Gasteiger partial charge is 0.465 e. The van der Waals surface area contributed by atoms with Gasteiger partial charge in [-0.25, -0.2) is 0 Å². The molecule has 0 fully saturated rings. The summed E-state index contributed by atoms with van der Waals surface area (Å²) in [5.41, 5.74) is 0. The number of carbonyl (C=O) groups excluding carboxylic acids is 3. The fourth-order valence-electron chi connectivity index (χ4n) is 1.78. The zero-order valence-corrected chi connectivity index (χ0v) is 15.3. The number of hydrogen-bond donors (Lipinski definition) is 2. The van der Waals surface area contributed by atoms with Gasteiger partial charge in [-0.15, -0.1) is 0 Å². The van der Waals surface area contributed by atoms with Crippen molar-refractivity contribution in [1.29, 1.82) is 0 Å². The number of ether oxygens (including phenoxy) is 3. The van der Waals surface area contributed by atoms with E-state index < -0.39 is 42.3 Å². The standard InChI is InChI=1S/C16H27NO9/c1-10(17-23)6-14(20)24-5-4-13(26-16(22)8-12(3)19)9-25-15(21)7-11(2)18/h10-13,18-19H,4-9H2,1-3H3/t10?,11?,12?,13-/m0/s1. The molecule has 0 aliphatic heterocycles. The van der Waals surface area contributed by atoms with Crippen LogP contribution in [0.15, 0.2) is 5.18 Å². The molecule has 26 heavy (non-hydrogen) atoms. The number of aliphatic hydroxyl groups excluding tert-OH is 2. The van der Waals surface area contributed by atoms with Crippen LogP contribution in [-0.2, 0) is 28.6 Å². The van der Waals surface area contributed by atoms with Crippen LogP contribution in [0.4, 0.5) is 0 Å². The van der Waals surface area contributed by atoms with Crippen molar-refractivity contribution in [2.75, 3.05) is 13.2 Å². The Labute approximate surface area is 151 Å². The summed E-state index contributed by atoms with van der Waals surface area (Å²) in [4.78, 5) is 44.8. The summed E-state index contributed by atoms with van der Waals surface area (Å²) in [5.74, 6) is -1.99. The highest BCUT2D eigenvalue weighted by Crippen LogP contribution is 2.07. The molecule has 0 aliphatic rings. The zero-order chi connectivity index (χ0) is 20.1. The molecule has 0 heterocycles. The second-order valence-corrected chi connectivity index (χ2v) is 6.07. The molecule has 0 saturated heterocycles. The first-order chi connectivity index (χ1) is 12.1. The molecule has 0 amide bonds. The summed E-state index contributed by atoms with van der Waals surface area (Å²) in [6.45, 7) is 3.92. The van der Waals surface area contributed by atoms with E-state index in [1.165, 1.54) is 20.8 Å². The van der Waals surface area contributed by atoms with Gasteiger partial charge in [0.05, 0.1) is 44.1 Å². The third kappa shape index (κ3) is 13.2. The SMILES string of the molecule is CC(O)CC(=O)OC[C@H](CCOC(=O)CC(C)N=O)OC(=O)CC(C)O. The molecule has 0 aromatic heterocycles. The Morgan fingerprint density at radius 1 is 0.885 bits per heavy atom. The Morgan fingerprint density at radius 2 is 1.42 bits per heavy atom. The molecule has 10 heteroatoms. The Morgan fingerprint density at radius 3 is 1.96 bits per heavy atom. The minimum atomic E-state index is -0.893. The van der Waals surface area contributed by atoms with Gasteiger partial charge in [0.1, 0.15) is 12.7 Å². The van der Waals surface area contributed by atoms with Crippen molar-refractivity contribution in [3.8, 4) is 0 Å². The van der Waals surface area contributed by atoms with E-state index in [1.807, 2.05) is 0 Å². The van der Waals surface area contributed by atoms with E-state index in [1.54, 1.807) is 0 Å². The highest BCUT2D eigenvalue weighted by atomic mass is 16.6. The van der Waals surface area contributed by atoms with Crippen LogP contribution in [0.2, 0.25) is 0 Å². The second-order valence-electron chi connectivity index (χ2n) is 6.07. The van der Waals surface area contributed by atoms with Gasteiger partial charge in [0.15, 0.2) is 0 Å². The van der Waals surface area contributed by atoms with Gasteiger partial charge >= 0.3 is 17.9 Å². The van der Waals surface area contributed by atoms with Gasteiger partial charge in [-0.2, -0.15) is 4.91 Å². The third-order valence-corrected chi connectivity index (χ3v) is 3.00. The van der Waals surface area contributed by atoms with Crippen LogP contribution in [0.25, 0.3) is 0 Å². The first-order valence-corrected chi connectivity index (χ1v) is 8.33. The number of nitroso groups, excluding NO2 is 1. The van der Waals surface area contributed by atoms with Crippen LogP contribution in [0.5, 0.6) is 0 Å². The summed E-state index contributed by atoms with van der Waals surface area (Å²) in [6.07, 6.45) is -3.19. The lowest BCUT2D eigenvalue weighted by atomic mass is 10.2. The molecule has 3 unspecified atom stereocenters. The number of hydrogen-bond acceptors (Lipinski definition) is 10. The molecule has 150 valence electrons. The predicted molar refractivity (Wildman–Crippen MR) is 88.9 cm³/mol. The first kappa shape index (κ1) is 23.9. The molecule has 0 bridgehead atoms. The summed E-state index contributed by atoms with van der Waals surface area (Å²) in [6, 6.07) is -0.705. The van der Waals surface area contributed by atoms with Gasteiger partial charge in [0.2, 0.25) is 0 Å². The van der Waals surface area contributed by atoms with Crippen molar-refractivity contribution in [2.24, 2.45) is 5.18 Å². The lowest BCUT2D eigenvalue weighted by Crippen LogP contribution is -2.29. The summed E-state index contributed by atoms with van der Waals surface area (Å²) in [7, 11) is 0. The maximum Gasteiger partial charge on any atom is 0.308 e. The Balaban J connectivity index is 4.47. The van der Waals surface area contributed by atoms with Crippen molar-refractivity contribution in [3.63, 3.8) is 0 Å². The molecule has 0 rings (SSSR count). The Kier molecular flexibility index (Phi) is 12.1.